The number of fused-ring (bicyclic) bond motifs is 1. The summed E-state index contributed by atoms with van der Waals surface area (Å²) >= 11 is 0. The Balaban J connectivity index is 2.11. The van der Waals surface area contributed by atoms with Crippen LogP contribution in [0.3, 0.4) is 0 Å². The van der Waals surface area contributed by atoms with Gasteiger partial charge in [0.2, 0.25) is 0 Å². The van der Waals surface area contributed by atoms with Crippen molar-refractivity contribution in [2.45, 2.75) is 110 Å². The molecule has 2 saturated carbocycles. The molecule has 0 radical (unpaired) electrons. The molecule has 2 fully saturated rings. The van der Waals surface area contributed by atoms with Gasteiger partial charge >= 0.3 is 0 Å². The zero-order valence-electron chi connectivity index (χ0n) is 18.0. The van der Waals surface area contributed by atoms with Crippen molar-refractivity contribution >= 4 is 11.6 Å². The summed E-state index contributed by atoms with van der Waals surface area (Å²) < 4.78 is 0. The molecular formula is C23H40O4. The largest absolute Gasteiger partial charge is 0.390 e. The van der Waals surface area contributed by atoms with Crippen LogP contribution in [0.25, 0.3) is 0 Å². The summed E-state index contributed by atoms with van der Waals surface area (Å²) in [7, 11) is 0. The molecule has 4 atom stereocenters. The maximum atomic E-state index is 12.5. The van der Waals surface area contributed by atoms with Crippen molar-refractivity contribution in [2.75, 3.05) is 0 Å². The SMILES string of the molecule is CC(C)(O)CCC[C@@H](CCC(=O)C(C)(C)O)C1CC[C@H]2C(=O)CCC[C@]12C. The van der Waals surface area contributed by atoms with Gasteiger partial charge in [0.05, 0.1) is 5.60 Å². The summed E-state index contributed by atoms with van der Waals surface area (Å²) in [5.41, 5.74) is -1.89. The highest BCUT2D eigenvalue weighted by atomic mass is 16.3. The van der Waals surface area contributed by atoms with Gasteiger partial charge in [-0.05, 0) is 83.5 Å². The molecule has 156 valence electrons. The van der Waals surface area contributed by atoms with Crippen LogP contribution < -0.4 is 0 Å². The molecule has 0 spiro atoms. The monoisotopic (exact) mass is 380 g/mol. The Morgan fingerprint density at radius 1 is 1.19 bits per heavy atom. The van der Waals surface area contributed by atoms with Crippen LogP contribution in [0.15, 0.2) is 0 Å². The lowest BCUT2D eigenvalue weighted by Crippen LogP contribution is -2.40. The smallest absolute Gasteiger partial charge is 0.163 e. The number of rotatable bonds is 9. The number of carbonyl (C=O) groups is 2. The second-order valence-corrected chi connectivity index (χ2v) is 10.5. The Morgan fingerprint density at radius 2 is 1.85 bits per heavy atom. The molecule has 2 rings (SSSR count). The highest BCUT2D eigenvalue weighted by molar-refractivity contribution is 5.86. The van der Waals surface area contributed by atoms with Crippen LogP contribution in [-0.2, 0) is 9.59 Å². The first-order valence-electron chi connectivity index (χ1n) is 10.9. The Labute approximate surface area is 165 Å². The van der Waals surface area contributed by atoms with Crippen molar-refractivity contribution < 1.29 is 19.8 Å². The normalized spacial score (nSPS) is 30.3. The van der Waals surface area contributed by atoms with Crippen LogP contribution in [0.1, 0.15) is 98.8 Å². The van der Waals surface area contributed by atoms with Crippen LogP contribution in [0.4, 0.5) is 0 Å². The molecule has 0 aromatic heterocycles. The Bertz CT molecular complexity index is 540. The number of aliphatic hydroxyl groups is 2. The number of hydrogen-bond donors (Lipinski definition) is 2. The van der Waals surface area contributed by atoms with Crippen LogP contribution >= 0.6 is 0 Å². The third kappa shape index (κ3) is 5.63. The van der Waals surface area contributed by atoms with Gasteiger partial charge in [-0.1, -0.05) is 19.8 Å². The molecule has 0 amide bonds. The molecule has 0 aromatic carbocycles. The molecule has 0 heterocycles. The second-order valence-electron chi connectivity index (χ2n) is 10.5. The lowest BCUT2D eigenvalue weighted by Gasteiger charge is -2.43. The van der Waals surface area contributed by atoms with Gasteiger partial charge in [0, 0.05) is 18.8 Å². The van der Waals surface area contributed by atoms with E-state index in [-0.39, 0.29) is 17.1 Å². The van der Waals surface area contributed by atoms with Crippen molar-refractivity contribution in [1.82, 2.24) is 0 Å². The van der Waals surface area contributed by atoms with E-state index in [0.717, 1.165) is 57.8 Å². The van der Waals surface area contributed by atoms with Crippen LogP contribution in [-0.4, -0.2) is 33.0 Å². The van der Waals surface area contributed by atoms with E-state index >= 15 is 0 Å². The quantitative estimate of drug-likeness (QED) is 0.620. The zero-order valence-corrected chi connectivity index (χ0v) is 18.0. The van der Waals surface area contributed by atoms with Gasteiger partial charge in [-0.15, -0.1) is 0 Å². The number of ketones is 2. The van der Waals surface area contributed by atoms with Gasteiger partial charge in [-0.3, -0.25) is 9.59 Å². The van der Waals surface area contributed by atoms with Crippen molar-refractivity contribution in [3.05, 3.63) is 0 Å². The third-order valence-corrected chi connectivity index (χ3v) is 7.29. The summed E-state index contributed by atoms with van der Waals surface area (Å²) in [4.78, 5) is 24.8. The number of carbonyl (C=O) groups excluding carboxylic acids is 2. The molecule has 0 aliphatic heterocycles. The van der Waals surface area contributed by atoms with E-state index in [0.29, 0.717) is 24.0 Å². The first kappa shape index (κ1) is 22.5. The lowest BCUT2D eigenvalue weighted by molar-refractivity contribution is -0.135. The maximum absolute atomic E-state index is 12.5. The maximum Gasteiger partial charge on any atom is 0.163 e. The summed E-state index contributed by atoms with van der Waals surface area (Å²) in [6.45, 7) is 9.10. The van der Waals surface area contributed by atoms with E-state index in [4.69, 9.17) is 0 Å². The Hall–Kier alpha value is -0.740. The third-order valence-electron chi connectivity index (χ3n) is 7.29. The van der Waals surface area contributed by atoms with E-state index in [2.05, 4.69) is 6.92 Å². The number of Topliss-reactive ketones (excluding diaryl/α,β-unsaturated/α-hetero) is 2. The van der Waals surface area contributed by atoms with Gasteiger partial charge in [-0.2, -0.15) is 0 Å². The molecule has 0 bridgehead atoms. The van der Waals surface area contributed by atoms with Crippen molar-refractivity contribution in [2.24, 2.45) is 23.2 Å². The molecule has 0 saturated heterocycles. The van der Waals surface area contributed by atoms with Crippen LogP contribution in [0, 0.1) is 23.2 Å². The van der Waals surface area contributed by atoms with Crippen molar-refractivity contribution in [3.8, 4) is 0 Å². The standard InChI is InChI=1S/C23H40O4/c1-21(2,26)14-6-8-16(10-13-20(25)22(3,4)27)17-11-12-18-19(24)9-7-15-23(17,18)5/h16-18,26-27H,6-15H2,1-5H3/t16-,17?,18-,23+/m0/s1. The average molecular weight is 381 g/mol. The number of hydrogen-bond acceptors (Lipinski definition) is 4. The minimum atomic E-state index is -1.28. The molecule has 2 N–H and O–H groups in total. The van der Waals surface area contributed by atoms with Gasteiger partial charge in [-0.25, -0.2) is 0 Å². The first-order chi connectivity index (χ1) is 12.3. The van der Waals surface area contributed by atoms with Gasteiger partial charge in [0.15, 0.2) is 5.78 Å². The fraction of sp³-hybridized carbons (Fsp3) is 0.913. The van der Waals surface area contributed by atoms with E-state index in [1.165, 1.54) is 0 Å². The van der Waals surface area contributed by atoms with E-state index in [1.807, 2.05) is 13.8 Å². The fourth-order valence-corrected chi connectivity index (χ4v) is 5.71. The minimum absolute atomic E-state index is 0.0620. The molecule has 4 nitrogen and oxygen atoms in total. The fourth-order valence-electron chi connectivity index (χ4n) is 5.71. The second kappa shape index (κ2) is 8.32. The lowest BCUT2D eigenvalue weighted by atomic mass is 9.61. The van der Waals surface area contributed by atoms with Gasteiger partial charge in [0.25, 0.3) is 0 Å². The minimum Gasteiger partial charge on any atom is -0.390 e. The highest BCUT2D eigenvalue weighted by Crippen LogP contribution is 2.58. The molecule has 1 unspecified atom stereocenters. The molecule has 27 heavy (non-hydrogen) atoms. The summed E-state index contributed by atoms with van der Waals surface area (Å²) in [5.74, 6) is 1.36. The van der Waals surface area contributed by atoms with Crippen molar-refractivity contribution in [3.63, 3.8) is 0 Å². The average Bonchev–Trinajstić information content (AvgIpc) is 2.86. The van der Waals surface area contributed by atoms with E-state index in [9.17, 15) is 19.8 Å². The predicted octanol–water partition coefficient (Wildman–Crippen LogP) is 4.45. The first-order valence-corrected chi connectivity index (χ1v) is 10.9. The molecule has 4 heteroatoms. The zero-order chi connectivity index (χ0) is 20.5. The highest BCUT2D eigenvalue weighted by Gasteiger charge is 2.52. The topological polar surface area (TPSA) is 74.6 Å². The summed E-state index contributed by atoms with van der Waals surface area (Å²) in [5, 5.41) is 20.1. The van der Waals surface area contributed by atoms with E-state index < -0.39 is 11.2 Å². The van der Waals surface area contributed by atoms with Crippen LogP contribution in [0.2, 0.25) is 0 Å². The van der Waals surface area contributed by atoms with Gasteiger partial charge in [0.1, 0.15) is 11.4 Å². The molecule has 0 aromatic rings. The Kier molecular flexibility index (Phi) is 6.95. The van der Waals surface area contributed by atoms with Crippen LogP contribution in [0.5, 0.6) is 0 Å². The molecule has 2 aliphatic carbocycles. The van der Waals surface area contributed by atoms with Gasteiger partial charge < -0.3 is 10.2 Å². The van der Waals surface area contributed by atoms with E-state index in [1.54, 1.807) is 13.8 Å². The Morgan fingerprint density at radius 3 is 2.44 bits per heavy atom. The summed E-state index contributed by atoms with van der Waals surface area (Å²) in [6, 6.07) is 0. The van der Waals surface area contributed by atoms with Crippen molar-refractivity contribution in [1.29, 1.82) is 0 Å². The predicted molar refractivity (Wildman–Crippen MR) is 107 cm³/mol. The molecule has 2 aliphatic rings. The molecular weight excluding hydrogens is 340 g/mol. The summed E-state index contributed by atoms with van der Waals surface area (Å²) in [6.07, 6.45) is 8.69.